The molecule has 0 bridgehead atoms. The van der Waals surface area contributed by atoms with Gasteiger partial charge in [-0.05, 0) is 18.9 Å². The Morgan fingerprint density at radius 1 is 0.933 bits per heavy atom. The lowest BCUT2D eigenvalue weighted by Crippen LogP contribution is -2.56. The van der Waals surface area contributed by atoms with Crippen LogP contribution < -0.4 is 22.4 Å². The summed E-state index contributed by atoms with van der Waals surface area (Å²) in [5, 5.41) is 2.56. The van der Waals surface area contributed by atoms with Crippen molar-refractivity contribution in [2.75, 3.05) is 0 Å². The van der Waals surface area contributed by atoms with Crippen molar-refractivity contribution in [3.05, 3.63) is 92.7 Å². The maximum Gasteiger partial charge on any atom is 0.337 e. The lowest BCUT2D eigenvalue weighted by atomic mass is 10.0. The molecule has 0 radical (unpaired) electrons. The predicted octanol–water partition coefficient (Wildman–Crippen LogP) is -0.140. The highest BCUT2D eigenvalue weighted by atomic mass is 16.2. The van der Waals surface area contributed by atoms with E-state index in [1.165, 1.54) is 19.1 Å². The number of carbonyl (C=O) groups excluding carboxylic acids is 2. The fraction of sp³-hybridized carbons (Fsp3) is 0.286. The number of hydrogen-bond acceptors (Lipinski definition) is 5. The highest BCUT2D eigenvalue weighted by molar-refractivity contribution is 5.87. The smallest absolute Gasteiger partial charge is 0.337 e. The molecule has 0 fully saturated rings. The minimum Gasteiger partial charge on any atom is -0.344 e. The van der Waals surface area contributed by atoms with E-state index in [1.54, 1.807) is 0 Å². The zero-order valence-corrected chi connectivity index (χ0v) is 16.7. The molecule has 158 valence electrons. The summed E-state index contributed by atoms with van der Waals surface area (Å²) in [6.45, 7) is 7.45. The van der Waals surface area contributed by atoms with Gasteiger partial charge < -0.3 is 5.32 Å². The topological polar surface area (TPSA) is 112 Å². The molecule has 1 N–H and O–H groups in total. The predicted molar refractivity (Wildman–Crippen MR) is 112 cm³/mol. The third kappa shape index (κ3) is 5.19. The second-order valence-corrected chi connectivity index (χ2v) is 6.65. The molecule has 0 aliphatic heterocycles. The Hall–Kier alpha value is -3.75. The number of benzene rings is 1. The first-order valence-corrected chi connectivity index (χ1v) is 9.30. The van der Waals surface area contributed by atoms with Crippen LogP contribution in [0.25, 0.3) is 0 Å². The molecule has 2 rings (SSSR count). The molecular formula is C21H24N4O5. The van der Waals surface area contributed by atoms with Crippen LogP contribution in [0.3, 0.4) is 0 Å². The monoisotopic (exact) mass is 412 g/mol. The van der Waals surface area contributed by atoms with Crippen LogP contribution in [0.2, 0.25) is 0 Å². The number of amides is 1. The third-order valence-corrected chi connectivity index (χ3v) is 4.42. The molecule has 1 aromatic heterocycles. The zero-order valence-electron chi connectivity index (χ0n) is 16.7. The van der Waals surface area contributed by atoms with Gasteiger partial charge in [0.2, 0.25) is 5.91 Å². The van der Waals surface area contributed by atoms with E-state index in [-0.39, 0.29) is 25.3 Å². The van der Waals surface area contributed by atoms with Gasteiger partial charge >= 0.3 is 17.1 Å². The van der Waals surface area contributed by atoms with Gasteiger partial charge in [-0.15, -0.1) is 13.2 Å². The second-order valence-electron chi connectivity index (χ2n) is 6.65. The molecule has 0 aliphatic carbocycles. The molecule has 2 aromatic rings. The number of nitrogens with one attached hydrogen (secondary N) is 1. The molecule has 1 atom stereocenters. The molecule has 9 heteroatoms. The van der Waals surface area contributed by atoms with Crippen molar-refractivity contribution in [1.82, 2.24) is 19.0 Å². The summed E-state index contributed by atoms with van der Waals surface area (Å²) in [4.78, 5) is 62.1. The molecule has 1 unspecified atom stereocenters. The van der Waals surface area contributed by atoms with E-state index in [9.17, 15) is 24.0 Å². The molecular weight excluding hydrogens is 388 g/mol. The molecule has 0 saturated heterocycles. The number of rotatable bonds is 10. The van der Waals surface area contributed by atoms with Crippen LogP contribution in [0, 0.1) is 0 Å². The molecule has 1 heterocycles. The minimum absolute atomic E-state index is 0.124. The Bertz CT molecular complexity index is 1080. The maximum atomic E-state index is 12.6. The van der Waals surface area contributed by atoms with Gasteiger partial charge in [-0.3, -0.25) is 9.59 Å². The highest BCUT2D eigenvalue weighted by Gasteiger charge is 2.21. The Labute approximate surface area is 172 Å². The first-order chi connectivity index (χ1) is 14.3. The van der Waals surface area contributed by atoms with Crippen molar-refractivity contribution in [2.45, 2.75) is 39.0 Å². The van der Waals surface area contributed by atoms with Gasteiger partial charge in [0.05, 0.1) is 19.1 Å². The van der Waals surface area contributed by atoms with Crippen LogP contribution in [0.1, 0.15) is 12.5 Å². The fourth-order valence-electron chi connectivity index (χ4n) is 2.92. The number of Topliss-reactive ketones (excluding diaryl/α,β-unsaturated/α-hetero) is 1. The summed E-state index contributed by atoms with van der Waals surface area (Å²) in [7, 11) is 0. The quantitative estimate of drug-likeness (QED) is 0.546. The average Bonchev–Trinajstić information content (AvgIpc) is 2.72. The van der Waals surface area contributed by atoms with Gasteiger partial charge in [0.15, 0.2) is 5.78 Å². The summed E-state index contributed by atoms with van der Waals surface area (Å²) in [5.74, 6) is -0.959. The van der Waals surface area contributed by atoms with E-state index >= 15 is 0 Å². The van der Waals surface area contributed by atoms with Crippen molar-refractivity contribution < 1.29 is 9.59 Å². The Morgan fingerprint density at radius 3 is 1.90 bits per heavy atom. The van der Waals surface area contributed by atoms with Crippen molar-refractivity contribution in [3.8, 4) is 0 Å². The number of ketones is 1. The molecule has 0 aliphatic rings. The lowest BCUT2D eigenvalue weighted by molar-refractivity contribution is -0.127. The van der Waals surface area contributed by atoms with E-state index < -0.39 is 35.6 Å². The van der Waals surface area contributed by atoms with E-state index in [0.29, 0.717) is 4.57 Å². The van der Waals surface area contributed by atoms with Gasteiger partial charge in [-0.2, -0.15) is 0 Å². The third-order valence-electron chi connectivity index (χ3n) is 4.42. The van der Waals surface area contributed by atoms with Crippen LogP contribution in [0.15, 0.2) is 70.0 Å². The van der Waals surface area contributed by atoms with Gasteiger partial charge in [0, 0.05) is 0 Å². The first kappa shape index (κ1) is 22.5. The normalized spacial score (nSPS) is 11.5. The van der Waals surface area contributed by atoms with E-state index in [0.717, 1.165) is 14.7 Å². The first-order valence-electron chi connectivity index (χ1n) is 9.30. The summed E-state index contributed by atoms with van der Waals surface area (Å²) in [5.41, 5.74) is -1.82. The second kappa shape index (κ2) is 10.1. The molecule has 1 aromatic carbocycles. The Balaban J connectivity index is 2.34. The standard InChI is InChI=1S/C21H24N4O5/c1-4-11-23-19(28)24(12-5-2)21(30)25(20(23)29)14-18(27)22-17(15(3)26)13-16-9-7-6-8-10-16/h4-10,17H,1-2,11-14H2,3H3,(H,22,27). The van der Waals surface area contributed by atoms with E-state index in [2.05, 4.69) is 18.5 Å². The van der Waals surface area contributed by atoms with Crippen LogP contribution in [0.5, 0.6) is 0 Å². The Morgan fingerprint density at radius 2 is 1.43 bits per heavy atom. The molecule has 30 heavy (non-hydrogen) atoms. The zero-order chi connectivity index (χ0) is 22.3. The van der Waals surface area contributed by atoms with Crippen LogP contribution in [-0.2, 0) is 35.6 Å². The maximum absolute atomic E-state index is 12.6. The van der Waals surface area contributed by atoms with Crippen LogP contribution in [-0.4, -0.2) is 31.4 Å². The minimum atomic E-state index is -0.928. The SMILES string of the molecule is C=CCn1c(=O)n(CC=C)c(=O)n(CC(=O)NC(Cc2ccccc2)C(C)=O)c1=O. The van der Waals surface area contributed by atoms with Gasteiger partial charge in [0.25, 0.3) is 0 Å². The highest BCUT2D eigenvalue weighted by Crippen LogP contribution is 2.04. The average molecular weight is 412 g/mol. The number of hydrogen-bond donors (Lipinski definition) is 1. The number of carbonyl (C=O) groups is 2. The summed E-state index contributed by atoms with van der Waals surface area (Å²) >= 11 is 0. The molecule has 0 spiro atoms. The van der Waals surface area contributed by atoms with Crippen molar-refractivity contribution in [1.29, 1.82) is 0 Å². The molecule has 9 nitrogen and oxygen atoms in total. The van der Waals surface area contributed by atoms with Crippen molar-refractivity contribution in [3.63, 3.8) is 0 Å². The van der Waals surface area contributed by atoms with Gasteiger partial charge in [-0.25, -0.2) is 28.1 Å². The number of nitrogens with zero attached hydrogens (tertiary/aromatic N) is 3. The van der Waals surface area contributed by atoms with Crippen molar-refractivity contribution >= 4 is 11.7 Å². The van der Waals surface area contributed by atoms with Gasteiger partial charge in [-0.1, -0.05) is 42.5 Å². The van der Waals surface area contributed by atoms with E-state index in [1.807, 2.05) is 30.3 Å². The number of allylic oxidation sites excluding steroid dienone is 2. The number of aromatic nitrogens is 3. The Kier molecular flexibility index (Phi) is 7.62. The largest absolute Gasteiger partial charge is 0.344 e. The van der Waals surface area contributed by atoms with Crippen LogP contribution in [0.4, 0.5) is 0 Å². The molecule has 1 amide bonds. The van der Waals surface area contributed by atoms with Crippen LogP contribution >= 0.6 is 0 Å². The fourth-order valence-corrected chi connectivity index (χ4v) is 2.92. The van der Waals surface area contributed by atoms with Gasteiger partial charge in [0.1, 0.15) is 6.54 Å². The van der Waals surface area contributed by atoms with Crippen molar-refractivity contribution in [2.24, 2.45) is 0 Å². The molecule has 0 saturated carbocycles. The summed E-state index contributed by atoms with van der Waals surface area (Å²) in [6.07, 6.45) is 2.94. The van der Waals surface area contributed by atoms with E-state index in [4.69, 9.17) is 0 Å². The summed E-state index contributed by atoms with van der Waals surface area (Å²) < 4.78 is 2.26. The lowest BCUT2D eigenvalue weighted by Gasteiger charge is -2.17. The summed E-state index contributed by atoms with van der Waals surface area (Å²) in [6, 6.07) is 8.31.